The van der Waals surface area contributed by atoms with Crippen LogP contribution in [0.3, 0.4) is 0 Å². The fraction of sp³-hybridized carbons (Fsp3) is 0.650. The number of fused-ring (bicyclic) bond motifs is 5. The van der Waals surface area contributed by atoms with Crippen molar-refractivity contribution in [1.82, 2.24) is 4.90 Å². The quantitative estimate of drug-likeness (QED) is 0.849. The average molecular weight is 329 g/mol. The van der Waals surface area contributed by atoms with E-state index in [-0.39, 0.29) is 12.0 Å². The Kier molecular flexibility index (Phi) is 4.25. The molecule has 0 spiro atoms. The van der Waals surface area contributed by atoms with Crippen LogP contribution in [0.5, 0.6) is 5.75 Å². The molecule has 2 bridgehead atoms. The molecule has 1 aromatic carbocycles. The lowest BCUT2D eigenvalue weighted by atomic mass is 9.85. The van der Waals surface area contributed by atoms with Gasteiger partial charge in [0.15, 0.2) is 0 Å². The van der Waals surface area contributed by atoms with E-state index in [1.54, 1.807) is 14.2 Å². The summed E-state index contributed by atoms with van der Waals surface area (Å²) in [7, 11) is 3.50. The van der Waals surface area contributed by atoms with Crippen molar-refractivity contribution in [3.05, 3.63) is 29.3 Å². The summed E-state index contributed by atoms with van der Waals surface area (Å²) in [4.78, 5) is 15.3. The lowest BCUT2D eigenvalue weighted by molar-refractivity contribution is -0.141. The zero-order chi connectivity index (χ0) is 16.7. The number of benzene rings is 1. The fourth-order valence-electron chi connectivity index (χ4n) is 4.92. The SMILES string of the molecule is COc1ccc2c(c1)C1CCN(C(=O)C3CCC(OC)CC3)C2C1. The van der Waals surface area contributed by atoms with Gasteiger partial charge in [0.2, 0.25) is 5.91 Å². The van der Waals surface area contributed by atoms with Crippen LogP contribution in [0.2, 0.25) is 0 Å². The van der Waals surface area contributed by atoms with Crippen molar-refractivity contribution in [3.8, 4) is 5.75 Å². The smallest absolute Gasteiger partial charge is 0.226 e. The van der Waals surface area contributed by atoms with E-state index < -0.39 is 0 Å². The molecule has 1 heterocycles. The van der Waals surface area contributed by atoms with Gasteiger partial charge in [0.05, 0.1) is 19.3 Å². The molecule has 4 heteroatoms. The summed E-state index contributed by atoms with van der Waals surface area (Å²) in [6.45, 7) is 0.898. The number of carbonyl (C=O) groups is 1. The Hall–Kier alpha value is -1.55. The maximum atomic E-state index is 13.1. The first kappa shape index (κ1) is 15.9. The molecule has 2 atom stereocenters. The Morgan fingerprint density at radius 2 is 1.88 bits per heavy atom. The van der Waals surface area contributed by atoms with Crippen LogP contribution in [0, 0.1) is 5.92 Å². The second-order valence-electron chi connectivity index (χ2n) is 7.47. The molecule has 0 radical (unpaired) electrons. The normalized spacial score (nSPS) is 31.7. The van der Waals surface area contributed by atoms with Gasteiger partial charge in [-0.2, -0.15) is 0 Å². The molecule has 1 saturated heterocycles. The number of hydrogen-bond acceptors (Lipinski definition) is 3. The van der Waals surface area contributed by atoms with Crippen LogP contribution in [0.1, 0.15) is 61.6 Å². The lowest BCUT2D eigenvalue weighted by Crippen LogP contribution is -2.42. The topological polar surface area (TPSA) is 38.8 Å². The minimum Gasteiger partial charge on any atom is -0.497 e. The number of nitrogens with zero attached hydrogens (tertiary/aromatic N) is 1. The van der Waals surface area contributed by atoms with Crippen molar-refractivity contribution in [3.63, 3.8) is 0 Å². The van der Waals surface area contributed by atoms with E-state index in [2.05, 4.69) is 17.0 Å². The maximum absolute atomic E-state index is 13.1. The monoisotopic (exact) mass is 329 g/mol. The van der Waals surface area contributed by atoms with E-state index in [0.29, 0.717) is 17.9 Å². The number of rotatable bonds is 3. The zero-order valence-corrected chi connectivity index (χ0v) is 14.7. The van der Waals surface area contributed by atoms with Gasteiger partial charge in [-0.05, 0) is 67.7 Å². The van der Waals surface area contributed by atoms with E-state index >= 15 is 0 Å². The average Bonchev–Trinajstić information content (AvgIpc) is 2.93. The molecule has 1 aliphatic heterocycles. The molecule has 4 nitrogen and oxygen atoms in total. The minimum absolute atomic E-state index is 0.190. The third kappa shape index (κ3) is 2.61. The van der Waals surface area contributed by atoms with Crippen LogP contribution in [-0.2, 0) is 9.53 Å². The summed E-state index contributed by atoms with van der Waals surface area (Å²) in [6, 6.07) is 6.66. The van der Waals surface area contributed by atoms with Gasteiger partial charge in [0, 0.05) is 19.6 Å². The number of carbonyl (C=O) groups excluding carboxylic acids is 1. The van der Waals surface area contributed by atoms with Gasteiger partial charge in [-0.15, -0.1) is 0 Å². The minimum atomic E-state index is 0.190. The molecule has 0 N–H and O–H groups in total. The molecule has 24 heavy (non-hydrogen) atoms. The van der Waals surface area contributed by atoms with Crippen molar-refractivity contribution in [2.75, 3.05) is 20.8 Å². The van der Waals surface area contributed by atoms with E-state index in [4.69, 9.17) is 9.47 Å². The second kappa shape index (κ2) is 6.40. The highest BCUT2D eigenvalue weighted by Crippen LogP contribution is 2.50. The van der Waals surface area contributed by atoms with E-state index in [9.17, 15) is 4.79 Å². The maximum Gasteiger partial charge on any atom is 0.226 e. The van der Waals surface area contributed by atoms with Gasteiger partial charge in [-0.1, -0.05) is 6.07 Å². The number of methoxy groups -OCH3 is 2. The largest absolute Gasteiger partial charge is 0.497 e. The van der Waals surface area contributed by atoms with Crippen LogP contribution in [0.4, 0.5) is 0 Å². The molecule has 2 unspecified atom stereocenters. The van der Waals surface area contributed by atoms with Crippen molar-refractivity contribution < 1.29 is 14.3 Å². The molecule has 1 saturated carbocycles. The molecule has 2 fully saturated rings. The molecule has 1 amide bonds. The number of amides is 1. The van der Waals surface area contributed by atoms with Crippen molar-refractivity contribution in [2.24, 2.45) is 5.92 Å². The van der Waals surface area contributed by atoms with E-state index in [1.165, 1.54) is 11.1 Å². The lowest BCUT2D eigenvalue weighted by Gasteiger charge is -2.38. The van der Waals surface area contributed by atoms with Crippen LogP contribution < -0.4 is 4.74 Å². The number of likely N-dealkylation sites (tertiary alicyclic amines) is 1. The molecule has 2 aliphatic carbocycles. The third-order valence-electron chi connectivity index (χ3n) is 6.34. The highest BCUT2D eigenvalue weighted by atomic mass is 16.5. The van der Waals surface area contributed by atoms with Crippen molar-refractivity contribution in [2.45, 2.75) is 56.6 Å². The summed E-state index contributed by atoms with van der Waals surface area (Å²) in [5, 5.41) is 0. The van der Waals surface area contributed by atoms with Gasteiger partial charge >= 0.3 is 0 Å². The van der Waals surface area contributed by atoms with Gasteiger partial charge in [-0.25, -0.2) is 0 Å². The summed E-state index contributed by atoms with van der Waals surface area (Å²) in [5.74, 6) is 2.08. The molecule has 130 valence electrons. The standard InChI is InChI=1S/C20H27NO3/c1-23-15-5-3-13(4-6-15)20(22)21-10-9-14-11-19(21)17-8-7-16(24-2)12-18(14)17/h7-8,12-15,19H,3-6,9-11H2,1-2H3. The highest BCUT2D eigenvalue weighted by molar-refractivity contribution is 5.80. The predicted molar refractivity (Wildman–Crippen MR) is 92.2 cm³/mol. The summed E-state index contributed by atoms with van der Waals surface area (Å²) in [6.07, 6.45) is 6.49. The Morgan fingerprint density at radius 3 is 2.58 bits per heavy atom. The van der Waals surface area contributed by atoms with Gasteiger partial charge < -0.3 is 14.4 Å². The number of hydrogen-bond donors (Lipinski definition) is 0. The summed E-state index contributed by atoms with van der Waals surface area (Å²) in [5.41, 5.74) is 2.75. The first-order chi connectivity index (χ1) is 11.7. The van der Waals surface area contributed by atoms with Gasteiger partial charge in [0.25, 0.3) is 0 Å². The Bertz CT molecular complexity index is 621. The highest BCUT2D eigenvalue weighted by Gasteiger charge is 2.42. The Balaban J connectivity index is 1.52. The Labute approximate surface area is 144 Å². The van der Waals surface area contributed by atoms with Gasteiger partial charge in [0.1, 0.15) is 5.75 Å². The van der Waals surface area contributed by atoms with E-state index in [1.807, 2.05) is 6.07 Å². The second-order valence-corrected chi connectivity index (χ2v) is 7.47. The van der Waals surface area contributed by atoms with Crippen LogP contribution in [-0.4, -0.2) is 37.7 Å². The van der Waals surface area contributed by atoms with Gasteiger partial charge in [-0.3, -0.25) is 4.79 Å². The van der Waals surface area contributed by atoms with Crippen LogP contribution >= 0.6 is 0 Å². The molecule has 0 aromatic heterocycles. The molecular formula is C20H27NO3. The molecule has 3 aliphatic rings. The summed E-state index contributed by atoms with van der Waals surface area (Å²) >= 11 is 0. The van der Waals surface area contributed by atoms with Crippen LogP contribution in [0.25, 0.3) is 0 Å². The fourth-order valence-corrected chi connectivity index (χ4v) is 4.92. The van der Waals surface area contributed by atoms with Crippen LogP contribution in [0.15, 0.2) is 18.2 Å². The third-order valence-corrected chi connectivity index (χ3v) is 6.34. The van der Waals surface area contributed by atoms with Crippen molar-refractivity contribution >= 4 is 5.91 Å². The predicted octanol–water partition coefficient (Wildman–Crippen LogP) is 3.66. The number of ether oxygens (including phenoxy) is 2. The molecular weight excluding hydrogens is 302 g/mol. The van der Waals surface area contributed by atoms with E-state index in [0.717, 1.165) is 50.8 Å². The van der Waals surface area contributed by atoms with Crippen molar-refractivity contribution in [1.29, 1.82) is 0 Å². The number of piperidine rings is 1. The summed E-state index contributed by atoms with van der Waals surface area (Å²) < 4.78 is 10.8. The zero-order valence-electron chi connectivity index (χ0n) is 14.7. The Morgan fingerprint density at radius 1 is 1.08 bits per heavy atom. The molecule has 4 rings (SSSR count). The first-order valence-electron chi connectivity index (χ1n) is 9.22. The molecule has 1 aromatic rings. The first-order valence-corrected chi connectivity index (χ1v) is 9.22.